The summed E-state index contributed by atoms with van der Waals surface area (Å²) in [6.45, 7) is 0.256. The highest BCUT2D eigenvalue weighted by Gasteiger charge is 2.16. The molecule has 0 bridgehead atoms. The van der Waals surface area contributed by atoms with Crippen molar-refractivity contribution in [3.63, 3.8) is 0 Å². The largest absolute Gasteiger partial charge is 0.497 e. The summed E-state index contributed by atoms with van der Waals surface area (Å²) in [6, 6.07) is 21.7. The van der Waals surface area contributed by atoms with Crippen LogP contribution in [-0.4, -0.2) is 38.6 Å². The molecular formula is C25H23N5O2S. The lowest BCUT2D eigenvalue weighted by Crippen LogP contribution is -2.24. The Morgan fingerprint density at radius 1 is 1.00 bits per heavy atom. The lowest BCUT2D eigenvalue weighted by Gasteiger charge is -2.11. The van der Waals surface area contributed by atoms with Gasteiger partial charge in [0.2, 0.25) is 0 Å². The number of amides is 1. The van der Waals surface area contributed by atoms with E-state index in [2.05, 4.69) is 32.2 Å². The zero-order valence-electron chi connectivity index (χ0n) is 18.6. The molecule has 166 valence electrons. The number of methoxy groups -OCH3 is 1. The van der Waals surface area contributed by atoms with E-state index in [0.717, 1.165) is 38.4 Å². The van der Waals surface area contributed by atoms with Crippen molar-refractivity contribution in [3.05, 3.63) is 78.1 Å². The monoisotopic (exact) mass is 457 g/mol. The van der Waals surface area contributed by atoms with Crippen molar-refractivity contribution in [1.82, 2.24) is 24.6 Å². The molecule has 2 aromatic heterocycles. The van der Waals surface area contributed by atoms with Crippen LogP contribution in [0.4, 0.5) is 0 Å². The Balaban J connectivity index is 1.42. The molecule has 0 spiro atoms. The number of hydrogen-bond acceptors (Lipinski definition) is 5. The standard InChI is InChI=1S/C25H23N5O2S/c1-29-21-7-5-4-6-19(21)20-14-16(8-13-22(20)29)24(31)26-15-23-27-28-25(33-3)30(23)17-9-11-18(32-2)12-10-17/h4-14H,15H2,1-3H3,(H,26,31). The van der Waals surface area contributed by atoms with Gasteiger partial charge in [-0.2, -0.15) is 0 Å². The molecule has 1 N–H and O–H groups in total. The van der Waals surface area contributed by atoms with Crippen LogP contribution in [0.1, 0.15) is 16.2 Å². The molecule has 1 amide bonds. The first-order chi connectivity index (χ1) is 16.1. The van der Waals surface area contributed by atoms with Crippen molar-refractivity contribution in [3.8, 4) is 11.4 Å². The van der Waals surface area contributed by atoms with Gasteiger partial charge in [-0.3, -0.25) is 9.36 Å². The number of carbonyl (C=O) groups excluding carboxylic acids is 1. The molecule has 5 aromatic rings. The quantitative estimate of drug-likeness (QED) is 0.378. The van der Waals surface area contributed by atoms with Gasteiger partial charge in [0, 0.05) is 40.1 Å². The number of benzene rings is 3. The molecule has 7 nitrogen and oxygen atoms in total. The van der Waals surface area contributed by atoms with E-state index in [4.69, 9.17) is 4.74 Å². The Morgan fingerprint density at radius 3 is 2.52 bits per heavy atom. The van der Waals surface area contributed by atoms with Gasteiger partial charge in [-0.1, -0.05) is 30.0 Å². The third kappa shape index (κ3) is 3.72. The summed E-state index contributed by atoms with van der Waals surface area (Å²) in [5.41, 5.74) is 3.75. The minimum absolute atomic E-state index is 0.153. The van der Waals surface area contributed by atoms with Crippen LogP contribution in [0, 0.1) is 0 Å². The van der Waals surface area contributed by atoms with E-state index >= 15 is 0 Å². The fraction of sp³-hybridized carbons (Fsp3) is 0.160. The molecule has 8 heteroatoms. The summed E-state index contributed by atoms with van der Waals surface area (Å²) < 4.78 is 9.35. The van der Waals surface area contributed by atoms with Crippen LogP contribution in [0.25, 0.3) is 27.5 Å². The van der Waals surface area contributed by atoms with Gasteiger partial charge < -0.3 is 14.6 Å². The van der Waals surface area contributed by atoms with E-state index in [1.54, 1.807) is 7.11 Å². The van der Waals surface area contributed by atoms with Crippen molar-refractivity contribution in [1.29, 1.82) is 0 Å². The van der Waals surface area contributed by atoms with Gasteiger partial charge in [-0.15, -0.1) is 10.2 Å². The van der Waals surface area contributed by atoms with Crippen LogP contribution in [0.3, 0.4) is 0 Å². The number of hydrogen-bond donors (Lipinski definition) is 1. The van der Waals surface area contributed by atoms with Gasteiger partial charge in [0.1, 0.15) is 5.75 Å². The Labute approximate surface area is 195 Å². The van der Waals surface area contributed by atoms with Crippen molar-refractivity contribution >= 4 is 39.5 Å². The molecule has 0 fully saturated rings. The van der Waals surface area contributed by atoms with Gasteiger partial charge in [0.15, 0.2) is 11.0 Å². The summed E-state index contributed by atoms with van der Waals surface area (Å²) in [7, 11) is 3.68. The van der Waals surface area contributed by atoms with Crippen LogP contribution in [0.15, 0.2) is 71.9 Å². The molecule has 5 rings (SSSR count). The number of thioether (sulfide) groups is 1. The molecule has 0 atom stereocenters. The Hall–Kier alpha value is -3.78. The SMILES string of the molecule is COc1ccc(-n2c(CNC(=O)c3ccc4c(c3)c3ccccc3n4C)nnc2SC)cc1. The van der Waals surface area contributed by atoms with Crippen LogP contribution >= 0.6 is 11.8 Å². The molecule has 0 unspecified atom stereocenters. The van der Waals surface area contributed by atoms with Crippen LogP contribution < -0.4 is 10.1 Å². The maximum absolute atomic E-state index is 13.0. The number of aromatic nitrogens is 4. The summed E-state index contributed by atoms with van der Waals surface area (Å²) >= 11 is 1.50. The van der Waals surface area contributed by atoms with Crippen LogP contribution in [0.5, 0.6) is 5.75 Å². The van der Waals surface area contributed by atoms with Gasteiger partial charge in [-0.05, 0) is 54.8 Å². The van der Waals surface area contributed by atoms with E-state index in [1.165, 1.54) is 11.8 Å². The number of carbonyl (C=O) groups is 1. The summed E-state index contributed by atoms with van der Waals surface area (Å²) in [5, 5.41) is 14.5. The van der Waals surface area contributed by atoms with Gasteiger partial charge in [-0.25, -0.2) is 0 Å². The maximum atomic E-state index is 13.0. The third-order valence-corrected chi connectivity index (χ3v) is 6.43. The highest BCUT2D eigenvalue weighted by Crippen LogP contribution is 2.29. The van der Waals surface area contributed by atoms with E-state index < -0.39 is 0 Å². The zero-order chi connectivity index (χ0) is 22.9. The third-order valence-electron chi connectivity index (χ3n) is 5.80. The van der Waals surface area contributed by atoms with E-state index in [-0.39, 0.29) is 12.5 Å². The molecule has 33 heavy (non-hydrogen) atoms. The summed E-state index contributed by atoms with van der Waals surface area (Å²) in [6.07, 6.45) is 1.95. The van der Waals surface area contributed by atoms with Gasteiger partial charge in [0.05, 0.1) is 13.7 Å². The van der Waals surface area contributed by atoms with Crippen molar-refractivity contribution in [2.45, 2.75) is 11.7 Å². The zero-order valence-corrected chi connectivity index (χ0v) is 19.4. The van der Waals surface area contributed by atoms with Gasteiger partial charge in [0.25, 0.3) is 5.91 Å². The molecule has 0 saturated carbocycles. The normalized spacial score (nSPS) is 11.2. The molecular weight excluding hydrogens is 434 g/mol. The number of nitrogens with one attached hydrogen (secondary N) is 1. The van der Waals surface area contributed by atoms with E-state index in [0.29, 0.717) is 11.4 Å². The predicted octanol–water partition coefficient (Wildman–Crippen LogP) is 4.57. The minimum atomic E-state index is -0.153. The Bertz CT molecular complexity index is 1470. The van der Waals surface area contributed by atoms with Crippen LogP contribution in [0.2, 0.25) is 0 Å². The first-order valence-corrected chi connectivity index (χ1v) is 11.7. The second kappa shape index (κ2) is 8.63. The molecule has 2 heterocycles. The number of rotatable bonds is 6. The lowest BCUT2D eigenvalue weighted by molar-refractivity contribution is 0.0950. The van der Waals surface area contributed by atoms with Crippen LogP contribution in [-0.2, 0) is 13.6 Å². The molecule has 0 aliphatic heterocycles. The minimum Gasteiger partial charge on any atom is -0.497 e. The highest BCUT2D eigenvalue weighted by atomic mass is 32.2. The Morgan fingerprint density at radius 2 is 1.76 bits per heavy atom. The lowest BCUT2D eigenvalue weighted by atomic mass is 10.1. The molecule has 0 saturated heterocycles. The van der Waals surface area contributed by atoms with Gasteiger partial charge >= 0.3 is 0 Å². The number of aryl methyl sites for hydroxylation is 1. The average Bonchev–Trinajstić information content (AvgIpc) is 3.41. The number of ether oxygens (including phenoxy) is 1. The highest BCUT2D eigenvalue weighted by molar-refractivity contribution is 7.98. The van der Waals surface area contributed by atoms with Crippen molar-refractivity contribution in [2.75, 3.05) is 13.4 Å². The van der Waals surface area contributed by atoms with E-state index in [9.17, 15) is 4.79 Å². The average molecular weight is 458 g/mol. The summed E-state index contributed by atoms with van der Waals surface area (Å²) in [4.78, 5) is 13.0. The van der Waals surface area contributed by atoms with Crippen molar-refractivity contribution < 1.29 is 9.53 Å². The number of para-hydroxylation sites is 1. The van der Waals surface area contributed by atoms with E-state index in [1.807, 2.05) is 72.5 Å². The fourth-order valence-corrected chi connectivity index (χ4v) is 4.62. The smallest absolute Gasteiger partial charge is 0.251 e. The number of nitrogens with zero attached hydrogens (tertiary/aromatic N) is 4. The second-order valence-corrected chi connectivity index (χ2v) is 8.40. The first kappa shape index (κ1) is 21.1. The first-order valence-electron chi connectivity index (χ1n) is 10.5. The van der Waals surface area contributed by atoms with Crippen molar-refractivity contribution in [2.24, 2.45) is 7.05 Å². The number of fused-ring (bicyclic) bond motifs is 3. The molecule has 0 aliphatic rings. The Kier molecular flexibility index (Phi) is 5.51. The molecule has 0 radical (unpaired) electrons. The predicted molar refractivity (Wildman–Crippen MR) is 131 cm³/mol. The topological polar surface area (TPSA) is 74.0 Å². The molecule has 0 aliphatic carbocycles. The fourth-order valence-electron chi connectivity index (χ4n) is 4.11. The maximum Gasteiger partial charge on any atom is 0.251 e. The summed E-state index contributed by atoms with van der Waals surface area (Å²) in [5.74, 6) is 1.28. The molecule has 3 aromatic carbocycles. The second-order valence-electron chi connectivity index (χ2n) is 7.63.